The van der Waals surface area contributed by atoms with Crippen LogP contribution in [-0.2, 0) is 17.5 Å². The van der Waals surface area contributed by atoms with Gasteiger partial charge in [-0.2, -0.15) is 13.2 Å². The molecule has 0 aliphatic heterocycles. The van der Waals surface area contributed by atoms with E-state index >= 15 is 0 Å². The minimum atomic E-state index is -4.54. The molecule has 0 fully saturated rings. The third-order valence-corrected chi connectivity index (χ3v) is 3.93. The first-order valence-corrected chi connectivity index (χ1v) is 8.02. The Labute approximate surface area is 157 Å². The molecule has 0 aliphatic carbocycles. The molecule has 0 aliphatic rings. The van der Waals surface area contributed by atoms with E-state index in [9.17, 15) is 18.0 Å². The molecule has 144 valence electrons. The fraction of sp³-hybridized carbons (Fsp3) is 0.333. The van der Waals surface area contributed by atoms with Crippen molar-refractivity contribution in [3.63, 3.8) is 0 Å². The maximum atomic E-state index is 12.9. The molecule has 26 heavy (non-hydrogen) atoms. The smallest absolute Gasteiger partial charge is 0.416 e. The van der Waals surface area contributed by atoms with Gasteiger partial charge in [-0.15, -0.1) is 23.7 Å². The van der Waals surface area contributed by atoms with Crippen LogP contribution in [0.2, 0.25) is 0 Å². The number of methoxy groups -OCH3 is 1. The van der Waals surface area contributed by atoms with Crippen molar-refractivity contribution < 1.29 is 27.4 Å². The van der Waals surface area contributed by atoms with E-state index in [2.05, 4.69) is 10.3 Å². The largest absolute Gasteiger partial charge is 0.489 e. The monoisotopic (exact) mass is 411 g/mol. The minimum Gasteiger partial charge on any atom is -0.489 e. The third-order valence-electron chi connectivity index (χ3n) is 3.06. The van der Waals surface area contributed by atoms with Crippen LogP contribution in [0.3, 0.4) is 0 Å². The zero-order valence-electron chi connectivity index (χ0n) is 13.6. The molecule has 11 heteroatoms. The topological polar surface area (TPSA) is 86.5 Å². The molecule has 2 rings (SSSR count). The van der Waals surface area contributed by atoms with Gasteiger partial charge < -0.3 is 20.5 Å². The summed E-state index contributed by atoms with van der Waals surface area (Å²) in [5.74, 6) is -0.542. The van der Waals surface area contributed by atoms with Gasteiger partial charge in [-0.3, -0.25) is 4.79 Å². The normalized spacial score (nSPS) is 11.0. The van der Waals surface area contributed by atoms with E-state index < -0.39 is 17.6 Å². The number of nitrogens with zero attached hydrogens (tertiary/aromatic N) is 1. The maximum Gasteiger partial charge on any atom is 0.416 e. The summed E-state index contributed by atoms with van der Waals surface area (Å²) in [5, 5.41) is 4.43. The summed E-state index contributed by atoms with van der Waals surface area (Å²) in [6, 6.07) is 2.85. The van der Waals surface area contributed by atoms with Gasteiger partial charge in [0.2, 0.25) is 0 Å². The molecule has 1 amide bonds. The van der Waals surface area contributed by atoms with Gasteiger partial charge in [-0.1, -0.05) is 0 Å². The Morgan fingerprint density at radius 3 is 2.65 bits per heavy atom. The molecular weight excluding hydrogens is 395 g/mol. The molecule has 0 spiro atoms. The SMILES string of the molecule is COCCOc1ccc(C(F)(F)F)cc1NC(=O)c1csc(CN)n1.Cl. The van der Waals surface area contributed by atoms with Gasteiger partial charge in [-0.25, -0.2) is 4.98 Å². The van der Waals surface area contributed by atoms with Gasteiger partial charge in [0, 0.05) is 19.0 Å². The molecule has 3 N–H and O–H groups in total. The standard InChI is InChI=1S/C15H16F3N3O3S.ClH/c1-23-4-5-24-12-3-2-9(15(16,17)18)6-10(12)21-14(22)11-8-25-13(7-19)20-11;/h2-3,6,8H,4-5,7,19H2,1H3,(H,21,22);1H. The number of aromatic nitrogens is 1. The predicted molar refractivity (Wildman–Crippen MR) is 94.0 cm³/mol. The van der Waals surface area contributed by atoms with Gasteiger partial charge in [0.25, 0.3) is 5.91 Å². The molecular formula is C15H17ClF3N3O3S. The fourth-order valence-corrected chi connectivity index (χ4v) is 2.51. The number of nitrogens with one attached hydrogen (secondary N) is 1. The molecule has 0 atom stereocenters. The second-order valence-electron chi connectivity index (χ2n) is 4.83. The fourth-order valence-electron chi connectivity index (χ4n) is 1.86. The van der Waals surface area contributed by atoms with Crippen molar-refractivity contribution >= 4 is 35.3 Å². The Morgan fingerprint density at radius 1 is 1.35 bits per heavy atom. The van der Waals surface area contributed by atoms with Crippen molar-refractivity contribution in [2.75, 3.05) is 25.6 Å². The van der Waals surface area contributed by atoms with Crippen LogP contribution in [0.25, 0.3) is 0 Å². The number of rotatable bonds is 7. The summed E-state index contributed by atoms with van der Waals surface area (Å²) in [6.07, 6.45) is -4.54. The van der Waals surface area contributed by atoms with Crippen LogP contribution in [-0.4, -0.2) is 31.2 Å². The minimum absolute atomic E-state index is 0. The van der Waals surface area contributed by atoms with Crippen molar-refractivity contribution in [2.45, 2.75) is 12.7 Å². The summed E-state index contributed by atoms with van der Waals surface area (Å²) in [6.45, 7) is 0.548. The van der Waals surface area contributed by atoms with Gasteiger partial charge >= 0.3 is 6.18 Å². The highest BCUT2D eigenvalue weighted by atomic mass is 35.5. The van der Waals surface area contributed by atoms with Gasteiger partial charge in [0.15, 0.2) is 0 Å². The third kappa shape index (κ3) is 5.84. The molecule has 1 aromatic carbocycles. The van der Waals surface area contributed by atoms with E-state index in [4.69, 9.17) is 15.2 Å². The van der Waals surface area contributed by atoms with Crippen molar-refractivity contribution in [1.82, 2.24) is 4.98 Å². The van der Waals surface area contributed by atoms with Crippen LogP contribution in [0.5, 0.6) is 5.75 Å². The summed E-state index contributed by atoms with van der Waals surface area (Å²) in [4.78, 5) is 16.2. The first-order valence-electron chi connectivity index (χ1n) is 7.14. The highest BCUT2D eigenvalue weighted by Crippen LogP contribution is 2.35. The lowest BCUT2D eigenvalue weighted by atomic mass is 10.1. The summed E-state index contributed by atoms with van der Waals surface area (Å²) < 4.78 is 49.0. The van der Waals surface area contributed by atoms with E-state index in [1.54, 1.807) is 0 Å². The van der Waals surface area contributed by atoms with Crippen LogP contribution in [0.15, 0.2) is 23.6 Å². The lowest BCUT2D eigenvalue weighted by molar-refractivity contribution is -0.137. The van der Waals surface area contributed by atoms with Gasteiger partial charge in [0.05, 0.1) is 17.9 Å². The molecule has 0 saturated carbocycles. The Morgan fingerprint density at radius 2 is 2.08 bits per heavy atom. The first-order chi connectivity index (χ1) is 11.8. The number of hydrogen-bond acceptors (Lipinski definition) is 6. The van der Waals surface area contributed by atoms with Crippen LogP contribution in [0, 0.1) is 0 Å². The molecule has 0 saturated heterocycles. The molecule has 2 aromatic rings. The number of alkyl halides is 3. The lowest BCUT2D eigenvalue weighted by Crippen LogP contribution is -2.16. The molecule has 1 heterocycles. The highest BCUT2D eigenvalue weighted by molar-refractivity contribution is 7.09. The summed E-state index contributed by atoms with van der Waals surface area (Å²) >= 11 is 1.19. The summed E-state index contributed by atoms with van der Waals surface area (Å²) in [5.41, 5.74) is 4.51. The number of anilines is 1. The molecule has 0 unspecified atom stereocenters. The van der Waals surface area contributed by atoms with Gasteiger partial charge in [-0.05, 0) is 18.2 Å². The number of carbonyl (C=O) groups is 1. The van der Waals surface area contributed by atoms with Crippen LogP contribution < -0.4 is 15.8 Å². The van der Waals surface area contributed by atoms with Crippen molar-refractivity contribution in [1.29, 1.82) is 0 Å². The zero-order valence-corrected chi connectivity index (χ0v) is 15.3. The Hall–Kier alpha value is -1.88. The number of thiazole rings is 1. The average molecular weight is 412 g/mol. The number of nitrogens with two attached hydrogens (primary N) is 1. The second-order valence-corrected chi connectivity index (χ2v) is 5.78. The van der Waals surface area contributed by atoms with Crippen molar-refractivity contribution in [3.05, 3.63) is 39.8 Å². The lowest BCUT2D eigenvalue weighted by Gasteiger charge is -2.15. The first kappa shape index (κ1) is 22.2. The van der Waals surface area contributed by atoms with Gasteiger partial charge in [0.1, 0.15) is 23.1 Å². The molecule has 0 bridgehead atoms. The molecule has 0 radical (unpaired) electrons. The van der Waals surface area contributed by atoms with Crippen molar-refractivity contribution in [3.8, 4) is 5.75 Å². The Bertz CT molecular complexity index is 740. The molecule has 6 nitrogen and oxygen atoms in total. The van der Waals surface area contributed by atoms with Crippen LogP contribution in [0.4, 0.5) is 18.9 Å². The van der Waals surface area contributed by atoms with Crippen LogP contribution in [0.1, 0.15) is 21.1 Å². The van der Waals surface area contributed by atoms with Crippen LogP contribution >= 0.6 is 23.7 Å². The van der Waals surface area contributed by atoms with E-state index in [1.807, 2.05) is 0 Å². The van der Waals surface area contributed by atoms with E-state index in [0.29, 0.717) is 5.01 Å². The second kappa shape index (κ2) is 9.72. The number of halogens is 4. The van der Waals surface area contributed by atoms with Crippen molar-refractivity contribution in [2.24, 2.45) is 5.73 Å². The molecule has 1 aromatic heterocycles. The number of amides is 1. The Balaban J connectivity index is 0.00000338. The predicted octanol–water partition coefficient (Wildman–Crippen LogP) is 3.32. The highest BCUT2D eigenvalue weighted by Gasteiger charge is 2.31. The number of carbonyl (C=O) groups excluding carboxylic acids is 1. The zero-order chi connectivity index (χ0) is 18.4. The quantitative estimate of drug-likeness (QED) is 0.682. The number of benzene rings is 1. The van der Waals surface area contributed by atoms with E-state index in [1.165, 1.54) is 23.8 Å². The summed E-state index contributed by atoms with van der Waals surface area (Å²) in [7, 11) is 1.47. The maximum absolute atomic E-state index is 12.9. The van der Waals surface area contributed by atoms with E-state index in [-0.39, 0.29) is 49.3 Å². The number of ether oxygens (including phenoxy) is 2. The Kier molecular flexibility index (Phi) is 8.28. The number of hydrogen-bond donors (Lipinski definition) is 2. The average Bonchev–Trinajstić information content (AvgIpc) is 3.04. The van der Waals surface area contributed by atoms with E-state index in [0.717, 1.165) is 18.2 Å².